The molecule has 1 rings (SSSR count). The van der Waals surface area contributed by atoms with Crippen LogP contribution in [0.25, 0.3) is 0 Å². The van der Waals surface area contributed by atoms with E-state index in [0.29, 0.717) is 5.56 Å². The molecule has 0 bridgehead atoms. The Kier molecular flexibility index (Phi) is 3.06. The maximum absolute atomic E-state index is 11.1. The minimum absolute atomic E-state index is 0.0323. The average molecular weight is 195 g/mol. The van der Waals surface area contributed by atoms with Crippen LogP contribution in [0.4, 0.5) is 0 Å². The van der Waals surface area contributed by atoms with Gasteiger partial charge in [-0.05, 0) is 23.8 Å². The van der Waals surface area contributed by atoms with E-state index in [2.05, 4.69) is 9.89 Å². The molecule has 0 aromatic heterocycles. The third-order valence-electron chi connectivity index (χ3n) is 1.63. The lowest BCUT2D eigenvalue weighted by Gasteiger charge is -2.02. The zero-order chi connectivity index (χ0) is 10.6. The second kappa shape index (κ2) is 4.27. The van der Waals surface area contributed by atoms with Crippen molar-refractivity contribution < 1.29 is 19.8 Å². The Hall–Kier alpha value is -2.04. The lowest BCUT2D eigenvalue weighted by atomic mass is 10.1. The molecular weight excluding hydrogens is 186 g/mol. The van der Waals surface area contributed by atoms with Crippen LogP contribution in [0.2, 0.25) is 0 Å². The highest BCUT2D eigenvalue weighted by Crippen LogP contribution is 2.18. The minimum atomic E-state index is -0.643. The van der Waals surface area contributed by atoms with Crippen molar-refractivity contribution in [2.75, 3.05) is 7.11 Å². The fraction of sp³-hybridized carbons (Fsp3) is 0.111. The van der Waals surface area contributed by atoms with Crippen LogP contribution in [0.5, 0.6) is 5.75 Å². The summed E-state index contributed by atoms with van der Waals surface area (Å²) < 4.78 is 4.44. The number of methoxy groups -OCH3 is 1. The Morgan fingerprint density at radius 3 is 2.86 bits per heavy atom. The molecule has 0 aliphatic carbocycles. The van der Waals surface area contributed by atoms with Crippen LogP contribution < -0.4 is 0 Å². The molecule has 0 unspecified atom stereocenters. The van der Waals surface area contributed by atoms with Gasteiger partial charge in [0.15, 0.2) is 0 Å². The first-order chi connectivity index (χ1) is 6.69. The predicted octanol–water partition coefficient (Wildman–Crippen LogP) is 0.987. The molecule has 1 aromatic carbocycles. The maximum atomic E-state index is 11.1. The first-order valence-electron chi connectivity index (χ1n) is 3.78. The van der Waals surface area contributed by atoms with E-state index in [1.54, 1.807) is 0 Å². The van der Waals surface area contributed by atoms with E-state index in [0.717, 1.165) is 6.21 Å². The summed E-state index contributed by atoms with van der Waals surface area (Å²) >= 11 is 0. The van der Waals surface area contributed by atoms with Crippen LogP contribution in [0.1, 0.15) is 15.9 Å². The van der Waals surface area contributed by atoms with Crippen LogP contribution in [0.15, 0.2) is 23.4 Å². The molecule has 5 nitrogen and oxygen atoms in total. The number of nitrogens with zero attached hydrogens (tertiary/aromatic N) is 1. The van der Waals surface area contributed by atoms with Gasteiger partial charge in [-0.2, -0.15) is 0 Å². The van der Waals surface area contributed by atoms with Crippen molar-refractivity contribution in [3.8, 4) is 5.75 Å². The predicted molar refractivity (Wildman–Crippen MR) is 48.8 cm³/mol. The van der Waals surface area contributed by atoms with Gasteiger partial charge in [-0.3, -0.25) is 0 Å². The van der Waals surface area contributed by atoms with E-state index in [-0.39, 0.29) is 11.3 Å². The van der Waals surface area contributed by atoms with Gasteiger partial charge in [0, 0.05) is 0 Å². The minimum Gasteiger partial charge on any atom is -0.507 e. The van der Waals surface area contributed by atoms with Gasteiger partial charge in [0.05, 0.1) is 13.3 Å². The molecule has 0 fully saturated rings. The topological polar surface area (TPSA) is 79.1 Å². The number of oxime groups is 1. The number of carbonyl (C=O) groups is 1. The zero-order valence-corrected chi connectivity index (χ0v) is 7.47. The zero-order valence-electron chi connectivity index (χ0n) is 7.47. The molecule has 0 aliphatic rings. The number of aromatic hydroxyl groups is 1. The summed E-state index contributed by atoms with van der Waals surface area (Å²) in [4.78, 5) is 11.1. The summed E-state index contributed by atoms with van der Waals surface area (Å²) in [6.45, 7) is 0. The molecule has 0 atom stereocenters. The highest BCUT2D eigenvalue weighted by Gasteiger charge is 2.11. The van der Waals surface area contributed by atoms with Gasteiger partial charge >= 0.3 is 5.97 Å². The van der Waals surface area contributed by atoms with Gasteiger partial charge in [-0.1, -0.05) is 5.16 Å². The maximum Gasteiger partial charge on any atom is 0.341 e. The number of rotatable bonds is 2. The molecule has 5 heteroatoms. The van der Waals surface area contributed by atoms with E-state index in [4.69, 9.17) is 5.21 Å². The Bertz CT molecular complexity index is 373. The summed E-state index contributed by atoms with van der Waals surface area (Å²) in [7, 11) is 1.22. The van der Waals surface area contributed by atoms with Gasteiger partial charge in [0.25, 0.3) is 0 Å². The van der Waals surface area contributed by atoms with E-state index < -0.39 is 5.97 Å². The third-order valence-corrected chi connectivity index (χ3v) is 1.63. The molecule has 0 amide bonds. The molecule has 1 aromatic rings. The summed E-state index contributed by atoms with van der Waals surface area (Å²) in [6.07, 6.45) is 1.14. The highest BCUT2D eigenvalue weighted by molar-refractivity contribution is 5.94. The van der Waals surface area contributed by atoms with Crippen molar-refractivity contribution in [1.82, 2.24) is 0 Å². The van der Waals surface area contributed by atoms with Gasteiger partial charge in [-0.15, -0.1) is 0 Å². The molecule has 0 radical (unpaired) electrons. The molecule has 14 heavy (non-hydrogen) atoms. The van der Waals surface area contributed by atoms with E-state index in [1.165, 1.54) is 25.3 Å². The van der Waals surface area contributed by atoms with Crippen molar-refractivity contribution in [3.63, 3.8) is 0 Å². The van der Waals surface area contributed by atoms with Crippen LogP contribution in [-0.2, 0) is 4.74 Å². The lowest BCUT2D eigenvalue weighted by molar-refractivity contribution is 0.0597. The van der Waals surface area contributed by atoms with Crippen LogP contribution >= 0.6 is 0 Å². The standard InChI is InChI=1S/C9H9NO4/c1-14-9(12)7-4-6(5-10-13)2-3-8(7)11/h2-5,11,13H,1H3/b10-5-. The van der Waals surface area contributed by atoms with E-state index >= 15 is 0 Å². The van der Waals surface area contributed by atoms with Crippen molar-refractivity contribution >= 4 is 12.2 Å². The number of esters is 1. The number of phenolic OH excluding ortho intramolecular Hbond substituents is 1. The first-order valence-corrected chi connectivity index (χ1v) is 3.78. The molecule has 0 saturated carbocycles. The molecule has 2 N–H and O–H groups in total. The summed E-state index contributed by atoms with van der Waals surface area (Å²) in [5, 5.41) is 20.4. The van der Waals surface area contributed by atoms with Crippen molar-refractivity contribution in [1.29, 1.82) is 0 Å². The number of carbonyl (C=O) groups excluding carboxylic acids is 1. The average Bonchev–Trinajstić information content (AvgIpc) is 2.20. The molecule has 0 saturated heterocycles. The summed E-state index contributed by atoms with van der Waals surface area (Å²) in [5.41, 5.74) is 0.524. The molecule has 0 heterocycles. The summed E-state index contributed by atoms with van der Waals surface area (Å²) in [5.74, 6) is -0.817. The van der Waals surface area contributed by atoms with Crippen LogP contribution in [0, 0.1) is 0 Å². The Morgan fingerprint density at radius 2 is 2.29 bits per heavy atom. The number of hydrogen-bond acceptors (Lipinski definition) is 5. The molecular formula is C9H9NO4. The summed E-state index contributed by atoms with van der Waals surface area (Å²) in [6, 6.07) is 4.19. The normalized spacial score (nSPS) is 10.4. The largest absolute Gasteiger partial charge is 0.507 e. The molecule has 0 aliphatic heterocycles. The molecule has 74 valence electrons. The van der Waals surface area contributed by atoms with E-state index in [9.17, 15) is 9.90 Å². The third kappa shape index (κ3) is 2.01. The van der Waals surface area contributed by atoms with Crippen molar-refractivity contribution in [3.05, 3.63) is 29.3 Å². The number of benzene rings is 1. The number of phenols is 1. The fourth-order valence-electron chi connectivity index (χ4n) is 0.974. The molecule has 0 spiro atoms. The quantitative estimate of drug-likeness (QED) is 0.319. The van der Waals surface area contributed by atoms with Crippen LogP contribution in [0.3, 0.4) is 0 Å². The van der Waals surface area contributed by atoms with Crippen molar-refractivity contribution in [2.45, 2.75) is 0 Å². The second-order valence-electron chi connectivity index (χ2n) is 2.51. The van der Waals surface area contributed by atoms with Gasteiger partial charge in [0.1, 0.15) is 11.3 Å². The SMILES string of the molecule is COC(=O)c1cc(/C=N\O)ccc1O. The lowest BCUT2D eigenvalue weighted by Crippen LogP contribution is -2.02. The van der Waals surface area contributed by atoms with Gasteiger partial charge in [-0.25, -0.2) is 4.79 Å². The Balaban J connectivity index is 3.14. The van der Waals surface area contributed by atoms with Crippen molar-refractivity contribution in [2.24, 2.45) is 5.16 Å². The van der Waals surface area contributed by atoms with Gasteiger partial charge < -0.3 is 15.1 Å². The Morgan fingerprint density at radius 1 is 1.57 bits per heavy atom. The number of hydrogen-bond donors (Lipinski definition) is 2. The highest BCUT2D eigenvalue weighted by atomic mass is 16.5. The van der Waals surface area contributed by atoms with Crippen LogP contribution in [-0.4, -0.2) is 29.6 Å². The fourth-order valence-corrected chi connectivity index (χ4v) is 0.974. The first kappa shape index (κ1) is 10.0. The van der Waals surface area contributed by atoms with Gasteiger partial charge in [0.2, 0.25) is 0 Å². The number of ether oxygens (including phenoxy) is 1. The Labute approximate surface area is 80.2 Å². The van der Waals surface area contributed by atoms with E-state index in [1.807, 2.05) is 0 Å². The smallest absolute Gasteiger partial charge is 0.341 e. The second-order valence-corrected chi connectivity index (χ2v) is 2.51. The monoisotopic (exact) mass is 195 g/mol.